The second kappa shape index (κ2) is 7.34. The number of anilines is 1. The third kappa shape index (κ3) is 4.15. The molecule has 0 aliphatic carbocycles. The lowest BCUT2D eigenvalue weighted by Gasteiger charge is -2.17. The van der Waals surface area contributed by atoms with E-state index in [1.54, 1.807) is 36.2 Å². The first-order chi connectivity index (χ1) is 12.0. The van der Waals surface area contributed by atoms with E-state index in [4.69, 9.17) is 4.74 Å². The van der Waals surface area contributed by atoms with E-state index in [1.807, 2.05) is 6.07 Å². The molecule has 2 amide bonds. The Morgan fingerprint density at radius 1 is 1.20 bits per heavy atom. The molecule has 2 aromatic carbocycles. The van der Waals surface area contributed by atoms with Gasteiger partial charge in [0.1, 0.15) is 11.6 Å². The molecule has 6 heteroatoms. The highest BCUT2D eigenvalue weighted by molar-refractivity contribution is 5.95. The van der Waals surface area contributed by atoms with Crippen LogP contribution < -0.4 is 15.0 Å². The molecule has 1 N–H and O–H groups in total. The largest absolute Gasteiger partial charge is 0.491 e. The minimum Gasteiger partial charge on any atom is -0.491 e. The van der Waals surface area contributed by atoms with Gasteiger partial charge in [0.05, 0.1) is 25.1 Å². The molecule has 0 radical (unpaired) electrons. The highest BCUT2D eigenvalue weighted by atomic mass is 19.1. The Morgan fingerprint density at radius 2 is 1.92 bits per heavy atom. The van der Waals surface area contributed by atoms with Crippen molar-refractivity contribution in [3.05, 3.63) is 59.4 Å². The van der Waals surface area contributed by atoms with Crippen molar-refractivity contribution in [1.82, 2.24) is 5.32 Å². The summed E-state index contributed by atoms with van der Waals surface area (Å²) in [5.74, 6) is 0.175. The van der Waals surface area contributed by atoms with Crippen molar-refractivity contribution in [2.24, 2.45) is 0 Å². The molecule has 0 aromatic heterocycles. The second-order valence-corrected chi connectivity index (χ2v) is 5.93. The zero-order chi connectivity index (χ0) is 17.8. The average molecular weight is 342 g/mol. The molecule has 2 aromatic rings. The standard InChI is InChI=1S/C19H19FN2O3/c1-22-16-10-14(4-7-17(16)25-9-8-19(22)24)11-18(23)21-12-13-2-5-15(20)6-3-13/h2-7,10H,8-9,11-12H2,1H3,(H,21,23). The van der Waals surface area contributed by atoms with Gasteiger partial charge in [-0.1, -0.05) is 18.2 Å². The first kappa shape index (κ1) is 17.0. The fourth-order valence-corrected chi connectivity index (χ4v) is 2.66. The number of benzene rings is 2. The molecule has 5 nitrogen and oxygen atoms in total. The van der Waals surface area contributed by atoms with Crippen LogP contribution in [0.3, 0.4) is 0 Å². The number of carbonyl (C=O) groups is 2. The first-order valence-electron chi connectivity index (χ1n) is 8.06. The molecule has 0 unspecified atom stereocenters. The van der Waals surface area contributed by atoms with Gasteiger partial charge < -0.3 is 15.0 Å². The molecule has 25 heavy (non-hydrogen) atoms. The van der Waals surface area contributed by atoms with Gasteiger partial charge in [-0.25, -0.2) is 4.39 Å². The van der Waals surface area contributed by atoms with Gasteiger partial charge in [-0.2, -0.15) is 0 Å². The van der Waals surface area contributed by atoms with Gasteiger partial charge in [0, 0.05) is 13.6 Å². The molecule has 1 aliphatic rings. The number of halogens is 1. The van der Waals surface area contributed by atoms with Gasteiger partial charge in [-0.05, 0) is 35.4 Å². The molecule has 0 bridgehead atoms. The summed E-state index contributed by atoms with van der Waals surface area (Å²) < 4.78 is 18.4. The monoisotopic (exact) mass is 342 g/mol. The number of ether oxygens (including phenoxy) is 1. The number of hydrogen-bond donors (Lipinski definition) is 1. The first-order valence-corrected chi connectivity index (χ1v) is 8.06. The van der Waals surface area contributed by atoms with Crippen LogP contribution >= 0.6 is 0 Å². The summed E-state index contributed by atoms with van der Waals surface area (Å²) >= 11 is 0. The van der Waals surface area contributed by atoms with Crippen LogP contribution in [0.15, 0.2) is 42.5 Å². The minimum atomic E-state index is -0.305. The van der Waals surface area contributed by atoms with E-state index < -0.39 is 0 Å². The Hall–Kier alpha value is -2.89. The Kier molecular flexibility index (Phi) is 4.97. The van der Waals surface area contributed by atoms with Crippen molar-refractivity contribution in [2.45, 2.75) is 19.4 Å². The van der Waals surface area contributed by atoms with E-state index in [-0.39, 0.29) is 24.1 Å². The van der Waals surface area contributed by atoms with E-state index >= 15 is 0 Å². The number of nitrogens with one attached hydrogen (secondary N) is 1. The molecule has 0 atom stereocenters. The molecule has 0 saturated heterocycles. The zero-order valence-electron chi connectivity index (χ0n) is 13.9. The highest BCUT2D eigenvalue weighted by Gasteiger charge is 2.20. The topological polar surface area (TPSA) is 58.6 Å². The number of fused-ring (bicyclic) bond motifs is 1. The third-order valence-electron chi connectivity index (χ3n) is 4.10. The number of carbonyl (C=O) groups excluding carboxylic acids is 2. The van der Waals surface area contributed by atoms with Crippen molar-refractivity contribution in [1.29, 1.82) is 0 Å². The van der Waals surface area contributed by atoms with E-state index in [9.17, 15) is 14.0 Å². The van der Waals surface area contributed by atoms with Crippen LogP contribution in [0.2, 0.25) is 0 Å². The normalized spacial score (nSPS) is 13.7. The van der Waals surface area contributed by atoms with E-state index in [0.717, 1.165) is 11.1 Å². The van der Waals surface area contributed by atoms with Crippen LogP contribution in [-0.4, -0.2) is 25.5 Å². The molecular formula is C19H19FN2O3. The minimum absolute atomic E-state index is 0.0170. The van der Waals surface area contributed by atoms with Gasteiger partial charge in [-0.3, -0.25) is 9.59 Å². The Labute approximate surface area is 145 Å². The van der Waals surface area contributed by atoms with Crippen molar-refractivity contribution in [3.63, 3.8) is 0 Å². The Morgan fingerprint density at radius 3 is 2.68 bits per heavy atom. The molecule has 130 valence electrons. The lowest BCUT2D eigenvalue weighted by molar-refractivity contribution is -0.120. The maximum atomic E-state index is 12.9. The quantitative estimate of drug-likeness (QED) is 0.928. The van der Waals surface area contributed by atoms with Crippen molar-refractivity contribution < 1.29 is 18.7 Å². The van der Waals surface area contributed by atoms with E-state index in [2.05, 4.69) is 5.32 Å². The molecule has 1 aliphatic heterocycles. The average Bonchev–Trinajstić information content (AvgIpc) is 2.74. The maximum Gasteiger partial charge on any atom is 0.230 e. The van der Waals surface area contributed by atoms with Crippen LogP contribution in [0.1, 0.15) is 17.5 Å². The summed E-state index contributed by atoms with van der Waals surface area (Å²) in [6.45, 7) is 0.694. The number of rotatable bonds is 4. The summed E-state index contributed by atoms with van der Waals surface area (Å²) in [4.78, 5) is 25.6. The van der Waals surface area contributed by atoms with Gasteiger partial charge in [0.15, 0.2) is 0 Å². The van der Waals surface area contributed by atoms with E-state index in [0.29, 0.717) is 31.0 Å². The second-order valence-electron chi connectivity index (χ2n) is 5.93. The Balaban J connectivity index is 1.64. The maximum absolute atomic E-state index is 12.9. The van der Waals surface area contributed by atoms with Gasteiger partial charge in [0.2, 0.25) is 11.8 Å². The van der Waals surface area contributed by atoms with Crippen LogP contribution in [0, 0.1) is 5.82 Å². The molecule has 1 heterocycles. The van der Waals surface area contributed by atoms with Gasteiger partial charge >= 0.3 is 0 Å². The fourth-order valence-electron chi connectivity index (χ4n) is 2.66. The summed E-state index contributed by atoms with van der Waals surface area (Å²) in [6.07, 6.45) is 0.523. The lowest BCUT2D eigenvalue weighted by atomic mass is 10.1. The van der Waals surface area contributed by atoms with Crippen molar-refractivity contribution in [3.8, 4) is 5.75 Å². The number of hydrogen-bond acceptors (Lipinski definition) is 3. The van der Waals surface area contributed by atoms with E-state index in [1.165, 1.54) is 12.1 Å². The number of nitrogens with zero attached hydrogens (tertiary/aromatic N) is 1. The van der Waals surface area contributed by atoms with Gasteiger partial charge in [0.25, 0.3) is 0 Å². The highest BCUT2D eigenvalue weighted by Crippen LogP contribution is 2.31. The van der Waals surface area contributed by atoms with Crippen LogP contribution in [0.5, 0.6) is 5.75 Å². The van der Waals surface area contributed by atoms with Crippen molar-refractivity contribution >= 4 is 17.5 Å². The summed E-state index contributed by atoms with van der Waals surface area (Å²) in [6, 6.07) is 11.4. The lowest BCUT2D eigenvalue weighted by Crippen LogP contribution is -2.26. The molecular weight excluding hydrogens is 323 g/mol. The summed E-state index contributed by atoms with van der Waals surface area (Å²) in [5, 5.41) is 2.81. The number of amides is 2. The molecule has 0 spiro atoms. The third-order valence-corrected chi connectivity index (χ3v) is 4.10. The molecule has 0 fully saturated rings. The van der Waals surface area contributed by atoms with Crippen LogP contribution in [0.4, 0.5) is 10.1 Å². The fraction of sp³-hybridized carbons (Fsp3) is 0.263. The SMILES string of the molecule is CN1C(=O)CCOc2ccc(CC(=O)NCc3ccc(F)cc3)cc21. The zero-order valence-corrected chi connectivity index (χ0v) is 13.9. The predicted molar refractivity (Wildman–Crippen MR) is 91.9 cm³/mol. The van der Waals surface area contributed by atoms with Crippen LogP contribution in [0.25, 0.3) is 0 Å². The van der Waals surface area contributed by atoms with Gasteiger partial charge in [-0.15, -0.1) is 0 Å². The summed E-state index contributed by atoms with van der Waals surface area (Å²) in [5.41, 5.74) is 2.29. The Bertz CT molecular complexity index is 790. The van der Waals surface area contributed by atoms with Crippen molar-refractivity contribution in [2.75, 3.05) is 18.6 Å². The molecule has 3 rings (SSSR count). The summed E-state index contributed by atoms with van der Waals surface area (Å²) in [7, 11) is 1.70. The predicted octanol–water partition coefficient (Wildman–Crippen LogP) is 2.43. The smallest absolute Gasteiger partial charge is 0.230 e. The molecule has 0 saturated carbocycles. The van der Waals surface area contributed by atoms with Crippen LogP contribution in [-0.2, 0) is 22.6 Å².